The molecule has 2 aromatic rings. The van der Waals surface area contributed by atoms with E-state index in [1.54, 1.807) is 18.5 Å². The van der Waals surface area contributed by atoms with Gasteiger partial charge >= 0.3 is 0 Å². The summed E-state index contributed by atoms with van der Waals surface area (Å²) >= 11 is 0. The summed E-state index contributed by atoms with van der Waals surface area (Å²) in [5.74, 6) is 0.701. The lowest BCUT2D eigenvalue weighted by molar-refractivity contribution is -0.384. The molecule has 1 aromatic heterocycles. The lowest BCUT2D eigenvalue weighted by Crippen LogP contribution is -2.36. The summed E-state index contributed by atoms with van der Waals surface area (Å²) in [6, 6.07) is 5.32. The zero-order valence-corrected chi connectivity index (χ0v) is 13.0. The molecular weight excluding hydrogens is 296 g/mol. The fourth-order valence-corrected chi connectivity index (χ4v) is 3.17. The number of anilines is 1. The Bertz CT molecular complexity index is 679. The second kappa shape index (κ2) is 6.37. The molecule has 1 aliphatic rings. The predicted octanol–water partition coefficient (Wildman–Crippen LogP) is 2.58. The Morgan fingerprint density at radius 3 is 2.78 bits per heavy atom. The van der Waals surface area contributed by atoms with Crippen LogP contribution >= 0.6 is 0 Å². The van der Waals surface area contributed by atoms with E-state index in [-0.39, 0.29) is 16.5 Å². The first kappa shape index (κ1) is 15.5. The molecule has 1 atom stereocenters. The summed E-state index contributed by atoms with van der Waals surface area (Å²) in [7, 11) is 0. The molecule has 7 nitrogen and oxygen atoms in total. The molecule has 2 N–H and O–H groups in total. The monoisotopic (exact) mass is 316 g/mol. The minimum Gasteiger partial charge on any atom is -0.385 e. The number of hydrogen-bond acceptors (Lipinski definition) is 5. The number of hydrogen-bond donors (Lipinski definition) is 2. The van der Waals surface area contributed by atoms with Crippen LogP contribution < -0.4 is 4.90 Å². The van der Waals surface area contributed by atoms with Gasteiger partial charge in [-0.2, -0.15) is 0 Å². The standard InChI is InChI=1S/C16H20N4O3/c1-11-2-3-13(14(10-11)20(22)23)19-8-4-12(5-9-19)15(21)16-17-6-7-18-16/h2-3,6-7,10,12,15,21H,4-5,8-9H2,1H3,(H,17,18). The van der Waals surface area contributed by atoms with E-state index in [0.717, 1.165) is 18.4 Å². The number of aliphatic hydroxyl groups excluding tert-OH is 1. The number of imidazole rings is 1. The van der Waals surface area contributed by atoms with Crippen molar-refractivity contribution in [3.8, 4) is 0 Å². The minimum absolute atomic E-state index is 0.113. The van der Waals surface area contributed by atoms with Crippen molar-refractivity contribution in [2.45, 2.75) is 25.9 Å². The van der Waals surface area contributed by atoms with E-state index >= 15 is 0 Å². The Morgan fingerprint density at radius 1 is 1.43 bits per heavy atom. The molecule has 0 aliphatic carbocycles. The van der Waals surface area contributed by atoms with E-state index in [9.17, 15) is 15.2 Å². The molecule has 0 amide bonds. The number of benzene rings is 1. The summed E-state index contributed by atoms with van der Waals surface area (Å²) in [4.78, 5) is 20.0. The van der Waals surface area contributed by atoms with Crippen LogP contribution in [0.4, 0.5) is 11.4 Å². The molecule has 1 aliphatic heterocycles. The van der Waals surface area contributed by atoms with Crippen molar-refractivity contribution in [1.82, 2.24) is 9.97 Å². The number of H-pyrrole nitrogens is 1. The maximum atomic E-state index is 11.3. The number of nitrogens with zero attached hydrogens (tertiary/aromatic N) is 3. The molecule has 0 radical (unpaired) electrons. The number of aryl methyl sites for hydroxylation is 1. The molecule has 23 heavy (non-hydrogen) atoms. The highest BCUT2D eigenvalue weighted by atomic mass is 16.6. The van der Waals surface area contributed by atoms with E-state index in [0.29, 0.717) is 24.6 Å². The third-order valence-electron chi connectivity index (χ3n) is 4.45. The van der Waals surface area contributed by atoms with Gasteiger partial charge in [0.2, 0.25) is 0 Å². The summed E-state index contributed by atoms with van der Waals surface area (Å²) in [6.07, 6.45) is 4.26. The zero-order chi connectivity index (χ0) is 16.4. The third-order valence-corrected chi connectivity index (χ3v) is 4.45. The third kappa shape index (κ3) is 3.19. The number of nitro benzene ring substituents is 1. The summed E-state index contributed by atoms with van der Waals surface area (Å²) in [5.41, 5.74) is 1.69. The number of aromatic amines is 1. The van der Waals surface area contributed by atoms with Gasteiger partial charge in [0, 0.05) is 31.5 Å². The van der Waals surface area contributed by atoms with Crippen LogP contribution in [0.3, 0.4) is 0 Å². The van der Waals surface area contributed by atoms with Crippen LogP contribution in [0.15, 0.2) is 30.6 Å². The average molecular weight is 316 g/mol. The zero-order valence-electron chi connectivity index (χ0n) is 13.0. The Morgan fingerprint density at radius 2 is 2.17 bits per heavy atom. The Kier molecular flexibility index (Phi) is 4.29. The van der Waals surface area contributed by atoms with Gasteiger partial charge in [-0.1, -0.05) is 6.07 Å². The average Bonchev–Trinajstić information content (AvgIpc) is 3.09. The van der Waals surface area contributed by atoms with Gasteiger partial charge in [-0.05, 0) is 37.3 Å². The first-order chi connectivity index (χ1) is 11.1. The van der Waals surface area contributed by atoms with E-state index in [1.807, 2.05) is 24.0 Å². The molecular formula is C16H20N4O3. The fourth-order valence-electron chi connectivity index (χ4n) is 3.17. The van der Waals surface area contributed by atoms with Crippen molar-refractivity contribution in [3.05, 3.63) is 52.1 Å². The van der Waals surface area contributed by atoms with Gasteiger partial charge < -0.3 is 15.0 Å². The van der Waals surface area contributed by atoms with E-state index < -0.39 is 6.10 Å². The Balaban J connectivity index is 1.71. The van der Waals surface area contributed by atoms with Crippen molar-refractivity contribution < 1.29 is 10.0 Å². The van der Waals surface area contributed by atoms with Crippen LogP contribution in [0.5, 0.6) is 0 Å². The van der Waals surface area contributed by atoms with Crippen molar-refractivity contribution in [3.63, 3.8) is 0 Å². The molecule has 0 spiro atoms. The van der Waals surface area contributed by atoms with Crippen molar-refractivity contribution in [2.75, 3.05) is 18.0 Å². The fraction of sp³-hybridized carbons (Fsp3) is 0.438. The molecule has 0 saturated carbocycles. The first-order valence-corrected chi connectivity index (χ1v) is 7.73. The van der Waals surface area contributed by atoms with Crippen LogP contribution in [0.25, 0.3) is 0 Å². The highest BCUT2D eigenvalue weighted by molar-refractivity contribution is 5.64. The number of rotatable bonds is 4. The smallest absolute Gasteiger partial charge is 0.292 e. The Labute approximate surface area is 134 Å². The predicted molar refractivity (Wildman–Crippen MR) is 86.3 cm³/mol. The van der Waals surface area contributed by atoms with E-state index in [2.05, 4.69) is 9.97 Å². The molecule has 2 heterocycles. The van der Waals surface area contributed by atoms with Crippen LogP contribution in [-0.4, -0.2) is 33.1 Å². The molecule has 1 saturated heterocycles. The van der Waals surface area contributed by atoms with Gasteiger partial charge in [0.1, 0.15) is 17.6 Å². The van der Waals surface area contributed by atoms with Crippen LogP contribution in [-0.2, 0) is 0 Å². The maximum Gasteiger partial charge on any atom is 0.292 e. The summed E-state index contributed by atoms with van der Waals surface area (Å²) in [5, 5.41) is 21.6. The van der Waals surface area contributed by atoms with Crippen LogP contribution in [0.1, 0.15) is 30.3 Å². The highest BCUT2D eigenvalue weighted by Crippen LogP contribution is 2.35. The molecule has 3 rings (SSSR count). The van der Waals surface area contributed by atoms with E-state index in [1.165, 1.54) is 0 Å². The lowest BCUT2D eigenvalue weighted by Gasteiger charge is -2.34. The molecule has 122 valence electrons. The number of piperidine rings is 1. The van der Waals surface area contributed by atoms with Crippen molar-refractivity contribution >= 4 is 11.4 Å². The molecule has 0 bridgehead atoms. The highest BCUT2D eigenvalue weighted by Gasteiger charge is 2.29. The van der Waals surface area contributed by atoms with Crippen molar-refractivity contribution in [2.24, 2.45) is 5.92 Å². The number of nitrogens with one attached hydrogen (secondary N) is 1. The van der Waals surface area contributed by atoms with Gasteiger partial charge in [-0.25, -0.2) is 4.98 Å². The second-order valence-corrected chi connectivity index (χ2v) is 5.99. The summed E-state index contributed by atoms with van der Waals surface area (Å²) < 4.78 is 0. The molecule has 1 fully saturated rings. The van der Waals surface area contributed by atoms with Crippen LogP contribution in [0.2, 0.25) is 0 Å². The largest absolute Gasteiger partial charge is 0.385 e. The Hall–Kier alpha value is -2.41. The van der Waals surface area contributed by atoms with Crippen molar-refractivity contribution in [1.29, 1.82) is 0 Å². The first-order valence-electron chi connectivity index (χ1n) is 7.73. The SMILES string of the molecule is Cc1ccc(N2CCC(C(O)c3ncc[nH]3)CC2)c([N+](=O)[O-])c1. The normalized spacial score (nSPS) is 17.2. The topological polar surface area (TPSA) is 95.3 Å². The van der Waals surface area contributed by atoms with E-state index in [4.69, 9.17) is 0 Å². The van der Waals surface area contributed by atoms with Crippen LogP contribution in [0, 0.1) is 23.0 Å². The second-order valence-electron chi connectivity index (χ2n) is 5.99. The number of nitro groups is 1. The van der Waals surface area contributed by atoms with Gasteiger partial charge in [0.15, 0.2) is 0 Å². The molecule has 1 unspecified atom stereocenters. The lowest BCUT2D eigenvalue weighted by atomic mass is 9.90. The van der Waals surface area contributed by atoms with Gasteiger partial charge in [-0.15, -0.1) is 0 Å². The number of aromatic nitrogens is 2. The molecule has 7 heteroatoms. The van der Waals surface area contributed by atoms with Gasteiger partial charge in [0.25, 0.3) is 5.69 Å². The van der Waals surface area contributed by atoms with Gasteiger partial charge in [0.05, 0.1) is 4.92 Å². The summed E-state index contributed by atoms with van der Waals surface area (Å²) in [6.45, 7) is 3.22. The maximum absolute atomic E-state index is 11.3. The quantitative estimate of drug-likeness (QED) is 0.667. The minimum atomic E-state index is -0.611. The molecule has 1 aromatic carbocycles. The number of aliphatic hydroxyl groups is 1. The van der Waals surface area contributed by atoms with Gasteiger partial charge in [-0.3, -0.25) is 10.1 Å².